The number of hydrogen-bond acceptors (Lipinski definition) is 3. The molecule has 0 saturated heterocycles. The monoisotopic (exact) mass is 363 g/mol. The molecule has 0 radical (unpaired) electrons. The predicted molar refractivity (Wildman–Crippen MR) is 90.7 cm³/mol. The third kappa shape index (κ3) is 4.24. The van der Waals surface area contributed by atoms with Gasteiger partial charge in [-0.3, -0.25) is 4.79 Å². The lowest BCUT2D eigenvalue weighted by molar-refractivity contribution is -0.118. The summed E-state index contributed by atoms with van der Waals surface area (Å²) in [6, 6.07) is 11.3. The molecule has 1 N–H and O–H groups in total. The molecule has 0 aliphatic heterocycles. The van der Waals surface area contributed by atoms with Gasteiger partial charge >= 0.3 is 0 Å². The molecule has 0 aliphatic carbocycles. The fraction of sp³-hybridized carbons (Fsp3) is 0.235. The molecule has 0 spiro atoms. The largest absolute Gasteiger partial charge is 0.495 e. The van der Waals surface area contributed by atoms with Crippen molar-refractivity contribution in [3.8, 4) is 11.5 Å². The minimum absolute atomic E-state index is 0.0707. The Morgan fingerprint density at radius 1 is 1.09 bits per heavy atom. The first-order chi connectivity index (χ1) is 10.5. The second-order valence-electron chi connectivity index (χ2n) is 4.97. The standard InChI is InChI=1S/C17H18BrNO3/c1-11-4-6-15(13(18)8-11)22-10-17(20)19-14-9-12(2)5-7-16(14)21-3/h4-9H,10H2,1-3H3,(H,19,20). The van der Waals surface area contributed by atoms with Crippen LogP contribution in [0.25, 0.3) is 0 Å². The quantitative estimate of drug-likeness (QED) is 0.869. The van der Waals surface area contributed by atoms with E-state index in [1.807, 2.05) is 50.2 Å². The molecule has 0 heterocycles. The first kappa shape index (κ1) is 16.4. The summed E-state index contributed by atoms with van der Waals surface area (Å²) in [5.74, 6) is 1.02. The van der Waals surface area contributed by atoms with Crippen LogP contribution in [0.5, 0.6) is 11.5 Å². The average Bonchev–Trinajstić information content (AvgIpc) is 2.46. The molecule has 0 bridgehead atoms. The topological polar surface area (TPSA) is 47.6 Å². The van der Waals surface area contributed by atoms with E-state index >= 15 is 0 Å². The van der Waals surface area contributed by atoms with Crippen LogP contribution in [0.2, 0.25) is 0 Å². The molecular formula is C17H18BrNO3. The molecule has 116 valence electrons. The smallest absolute Gasteiger partial charge is 0.262 e. The van der Waals surface area contributed by atoms with Crippen molar-refractivity contribution in [3.05, 3.63) is 52.0 Å². The Bertz CT molecular complexity index is 686. The van der Waals surface area contributed by atoms with Crippen molar-refractivity contribution in [1.82, 2.24) is 0 Å². The van der Waals surface area contributed by atoms with Crippen molar-refractivity contribution in [1.29, 1.82) is 0 Å². The van der Waals surface area contributed by atoms with Gasteiger partial charge in [0.2, 0.25) is 0 Å². The van der Waals surface area contributed by atoms with Crippen LogP contribution in [0.4, 0.5) is 5.69 Å². The molecular weight excluding hydrogens is 346 g/mol. The summed E-state index contributed by atoms with van der Waals surface area (Å²) in [5, 5.41) is 2.80. The summed E-state index contributed by atoms with van der Waals surface area (Å²) in [4.78, 5) is 12.0. The van der Waals surface area contributed by atoms with Gasteiger partial charge in [-0.2, -0.15) is 0 Å². The molecule has 0 unspecified atom stereocenters. The molecule has 4 nitrogen and oxygen atoms in total. The number of ether oxygens (including phenoxy) is 2. The van der Waals surface area contributed by atoms with E-state index in [4.69, 9.17) is 9.47 Å². The van der Waals surface area contributed by atoms with Crippen molar-refractivity contribution < 1.29 is 14.3 Å². The summed E-state index contributed by atoms with van der Waals surface area (Å²) in [5.41, 5.74) is 2.80. The highest BCUT2D eigenvalue weighted by atomic mass is 79.9. The molecule has 1 amide bonds. The van der Waals surface area contributed by atoms with Crippen LogP contribution in [-0.4, -0.2) is 19.6 Å². The maximum Gasteiger partial charge on any atom is 0.262 e. The Balaban J connectivity index is 2.00. The molecule has 2 aromatic carbocycles. The van der Waals surface area contributed by atoms with E-state index in [2.05, 4.69) is 21.2 Å². The Morgan fingerprint density at radius 2 is 1.73 bits per heavy atom. The zero-order chi connectivity index (χ0) is 16.1. The minimum Gasteiger partial charge on any atom is -0.495 e. The maximum absolute atomic E-state index is 12.0. The number of carbonyl (C=O) groups is 1. The highest BCUT2D eigenvalue weighted by Crippen LogP contribution is 2.27. The van der Waals surface area contributed by atoms with Crippen molar-refractivity contribution in [2.45, 2.75) is 13.8 Å². The van der Waals surface area contributed by atoms with Crippen LogP contribution in [0.3, 0.4) is 0 Å². The van der Waals surface area contributed by atoms with Gasteiger partial charge in [0.25, 0.3) is 5.91 Å². The van der Waals surface area contributed by atoms with Crippen LogP contribution in [0.1, 0.15) is 11.1 Å². The van der Waals surface area contributed by atoms with E-state index in [0.717, 1.165) is 15.6 Å². The van der Waals surface area contributed by atoms with Crippen LogP contribution in [0, 0.1) is 13.8 Å². The van der Waals surface area contributed by atoms with Gasteiger partial charge < -0.3 is 14.8 Å². The number of methoxy groups -OCH3 is 1. The van der Waals surface area contributed by atoms with E-state index in [0.29, 0.717) is 17.2 Å². The minimum atomic E-state index is -0.239. The summed E-state index contributed by atoms with van der Waals surface area (Å²) < 4.78 is 11.6. The first-order valence-corrected chi connectivity index (χ1v) is 7.62. The summed E-state index contributed by atoms with van der Waals surface area (Å²) >= 11 is 3.42. The summed E-state index contributed by atoms with van der Waals surface area (Å²) in [6.45, 7) is 3.87. The van der Waals surface area contributed by atoms with E-state index in [1.54, 1.807) is 7.11 Å². The Labute approximate surface area is 138 Å². The molecule has 0 aliphatic rings. The molecule has 0 saturated carbocycles. The number of rotatable bonds is 5. The van der Waals surface area contributed by atoms with E-state index < -0.39 is 0 Å². The number of aryl methyl sites for hydroxylation is 2. The van der Waals surface area contributed by atoms with Gasteiger partial charge in [-0.05, 0) is 65.2 Å². The highest BCUT2D eigenvalue weighted by Gasteiger charge is 2.09. The lowest BCUT2D eigenvalue weighted by Crippen LogP contribution is -2.20. The molecule has 2 aromatic rings. The fourth-order valence-electron chi connectivity index (χ4n) is 1.97. The summed E-state index contributed by atoms with van der Waals surface area (Å²) in [7, 11) is 1.57. The zero-order valence-electron chi connectivity index (χ0n) is 12.8. The average molecular weight is 364 g/mol. The predicted octanol–water partition coefficient (Wildman–Crippen LogP) is 4.09. The molecule has 0 aromatic heterocycles. The molecule has 5 heteroatoms. The lowest BCUT2D eigenvalue weighted by atomic mass is 10.2. The number of hydrogen-bond donors (Lipinski definition) is 1. The van der Waals surface area contributed by atoms with E-state index in [1.165, 1.54) is 0 Å². The van der Waals surface area contributed by atoms with Gasteiger partial charge in [0, 0.05) is 0 Å². The lowest BCUT2D eigenvalue weighted by Gasteiger charge is -2.12. The molecule has 2 rings (SSSR count). The number of nitrogens with one attached hydrogen (secondary N) is 1. The van der Waals surface area contributed by atoms with E-state index in [-0.39, 0.29) is 12.5 Å². The molecule has 22 heavy (non-hydrogen) atoms. The number of benzene rings is 2. The van der Waals surface area contributed by atoms with Gasteiger partial charge in [0.05, 0.1) is 17.3 Å². The third-order valence-electron chi connectivity index (χ3n) is 3.08. The van der Waals surface area contributed by atoms with Gasteiger partial charge in [-0.25, -0.2) is 0 Å². The van der Waals surface area contributed by atoms with Crippen molar-refractivity contribution in [2.24, 2.45) is 0 Å². The third-order valence-corrected chi connectivity index (χ3v) is 3.69. The Morgan fingerprint density at radius 3 is 2.36 bits per heavy atom. The van der Waals surface area contributed by atoms with Gasteiger partial charge in [-0.1, -0.05) is 12.1 Å². The Hall–Kier alpha value is -2.01. The first-order valence-electron chi connectivity index (χ1n) is 6.83. The number of anilines is 1. The zero-order valence-corrected chi connectivity index (χ0v) is 14.4. The molecule has 0 fully saturated rings. The normalized spacial score (nSPS) is 10.2. The van der Waals surface area contributed by atoms with E-state index in [9.17, 15) is 4.79 Å². The van der Waals surface area contributed by atoms with Crippen LogP contribution < -0.4 is 14.8 Å². The second kappa shape index (κ2) is 7.31. The number of halogens is 1. The fourth-order valence-corrected chi connectivity index (χ4v) is 2.58. The van der Waals surface area contributed by atoms with Crippen molar-refractivity contribution >= 4 is 27.5 Å². The number of amides is 1. The van der Waals surface area contributed by atoms with Crippen molar-refractivity contribution in [2.75, 3.05) is 19.0 Å². The SMILES string of the molecule is COc1ccc(C)cc1NC(=O)COc1ccc(C)cc1Br. The van der Waals surface area contributed by atoms with Crippen LogP contribution in [-0.2, 0) is 4.79 Å². The van der Waals surface area contributed by atoms with Crippen molar-refractivity contribution in [3.63, 3.8) is 0 Å². The second-order valence-corrected chi connectivity index (χ2v) is 5.83. The maximum atomic E-state index is 12.0. The van der Waals surface area contributed by atoms with Crippen LogP contribution >= 0.6 is 15.9 Å². The highest BCUT2D eigenvalue weighted by molar-refractivity contribution is 9.10. The number of carbonyl (C=O) groups excluding carboxylic acids is 1. The van der Waals surface area contributed by atoms with Gasteiger partial charge in [-0.15, -0.1) is 0 Å². The summed E-state index contributed by atoms with van der Waals surface area (Å²) in [6.07, 6.45) is 0. The van der Waals surface area contributed by atoms with Gasteiger partial charge in [0.1, 0.15) is 11.5 Å². The molecule has 0 atom stereocenters. The Kier molecular flexibility index (Phi) is 5.44. The van der Waals surface area contributed by atoms with Crippen LogP contribution in [0.15, 0.2) is 40.9 Å². The van der Waals surface area contributed by atoms with Gasteiger partial charge in [0.15, 0.2) is 6.61 Å².